The second-order valence-electron chi connectivity index (χ2n) is 5.88. The number of ether oxygens (including phenoxy) is 1. The Morgan fingerprint density at radius 3 is 2.65 bits per heavy atom. The van der Waals surface area contributed by atoms with Crippen molar-refractivity contribution in [3.05, 3.63) is 47.4 Å². The number of para-hydroxylation sites is 1. The van der Waals surface area contributed by atoms with Crippen LogP contribution < -0.4 is 4.74 Å². The fourth-order valence-electron chi connectivity index (χ4n) is 2.85. The van der Waals surface area contributed by atoms with Crippen molar-refractivity contribution in [2.75, 3.05) is 7.11 Å². The molecular weight excluding hydrogens is 334 g/mol. The Bertz CT molecular complexity index is 929. The lowest BCUT2D eigenvalue weighted by molar-refractivity contribution is -0.137. The number of aromatic nitrogens is 5. The van der Waals surface area contributed by atoms with E-state index in [-0.39, 0.29) is 6.54 Å². The number of nitrogens with zero attached hydrogens (tertiary/aromatic N) is 5. The molecule has 0 spiro atoms. The van der Waals surface area contributed by atoms with E-state index in [2.05, 4.69) is 15.2 Å². The first-order chi connectivity index (χ1) is 12.5. The van der Waals surface area contributed by atoms with Crippen LogP contribution in [0.15, 0.2) is 30.3 Å². The molecule has 0 saturated carbocycles. The average molecular weight is 355 g/mol. The summed E-state index contributed by atoms with van der Waals surface area (Å²) in [6.45, 7) is 4.41. The van der Waals surface area contributed by atoms with Crippen molar-refractivity contribution in [1.29, 1.82) is 0 Å². The van der Waals surface area contributed by atoms with Gasteiger partial charge in [0.15, 0.2) is 11.6 Å². The summed E-state index contributed by atoms with van der Waals surface area (Å²) < 4.78 is 8.59. The zero-order valence-corrected chi connectivity index (χ0v) is 15.0. The first-order valence-corrected chi connectivity index (χ1v) is 8.34. The number of carboxylic acids is 1. The van der Waals surface area contributed by atoms with Crippen LogP contribution in [0, 0.1) is 6.92 Å². The van der Waals surface area contributed by atoms with Gasteiger partial charge in [-0.05, 0) is 26.0 Å². The predicted octanol–water partition coefficient (Wildman–Crippen LogP) is 2.15. The first kappa shape index (κ1) is 17.7. The van der Waals surface area contributed by atoms with E-state index in [1.54, 1.807) is 7.11 Å². The second kappa shape index (κ2) is 7.38. The van der Waals surface area contributed by atoms with Crippen LogP contribution in [0.2, 0.25) is 0 Å². The van der Waals surface area contributed by atoms with E-state index in [4.69, 9.17) is 4.74 Å². The largest absolute Gasteiger partial charge is 0.496 e. The lowest BCUT2D eigenvalue weighted by atomic mass is 10.1. The fourth-order valence-corrected chi connectivity index (χ4v) is 2.85. The van der Waals surface area contributed by atoms with Gasteiger partial charge in [0, 0.05) is 24.2 Å². The molecule has 1 aromatic carbocycles. The van der Waals surface area contributed by atoms with Gasteiger partial charge in [-0.3, -0.25) is 9.48 Å². The van der Waals surface area contributed by atoms with Gasteiger partial charge < -0.3 is 9.84 Å². The second-order valence-corrected chi connectivity index (χ2v) is 5.88. The van der Waals surface area contributed by atoms with Crippen molar-refractivity contribution in [2.24, 2.45) is 0 Å². The molecule has 2 heterocycles. The Morgan fingerprint density at radius 2 is 2.00 bits per heavy atom. The van der Waals surface area contributed by atoms with Gasteiger partial charge in [0.25, 0.3) is 0 Å². The van der Waals surface area contributed by atoms with Gasteiger partial charge in [0.2, 0.25) is 0 Å². The number of carbonyl (C=O) groups is 1. The van der Waals surface area contributed by atoms with Crippen molar-refractivity contribution in [3.63, 3.8) is 0 Å². The molecule has 0 aliphatic carbocycles. The van der Waals surface area contributed by atoms with Crippen LogP contribution in [0.1, 0.15) is 24.0 Å². The molecule has 0 amide bonds. The molecule has 3 rings (SSSR count). The summed E-state index contributed by atoms with van der Waals surface area (Å²) >= 11 is 0. The van der Waals surface area contributed by atoms with Gasteiger partial charge in [0.05, 0.1) is 7.11 Å². The third kappa shape index (κ3) is 3.58. The summed E-state index contributed by atoms with van der Waals surface area (Å²) in [6, 6.07) is 9.51. The summed E-state index contributed by atoms with van der Waals surface area (Å²) in [5.74, 6) is 0.739. The minimum atomic E-state index is -0.980. The van der Waals surface area contributed by atoms with Crippen LogP contribution in [0.5, 0.6) is 5.75 Å². The standard InChI is InChI=1S/C18H21N5O3/c1-4-22-12(2)9-14(20-22)18-19-16(21-23(18)11-17(24)25)10-13-7-5-6-8-15(13)26-3/h5-9H,4,10-11H2,1-3H3,(H,24,25). The number of hydrogen-bond donors (Lipinski definition) is 1. The maximum atomic E-state index is 11.2. The molecule has 0 fully saturated rings. The van der Waals surface area contributed by atoms with Crippen molar-refractivity contribution >= 4 is 5.97 Å². The lowest BCUT2D eigenvalue weighted by Crippen LogP contribution is -2.12. The Kier molecular flexibility index (Phi) is 5.01. The molecular formula is C18H21N5O3. The molecule has 0 atom stereocenters. The van der Waals surface area contributed by atoms with Crippen LogP contribution >= 0.6 is 0 Å². The Morgan fingerprint density at radius 1 is 1.23 bits per heavy atom. The highest BCUT2D eigenvalue weighted by Gasteiger charge is 2.18. The Hall–Kier alpha value is -3.16. The van der Waals surface area contributed by atoms with Crippen molar-refractivity contribution in [2.45, 2.75) is 33.4 Å². The summed E-state index contributed by atoms with van der Waals surface area (Å²) in [4.78, 5) is 15.8. The number of rotatable bonds is 7. The van der Waals surface area contributed by atoms with Gasteiger partial charge in [0.1, 0.15) is 18.0 Å². The van der Waals surface area contributed by atoms with Crippen LogP contribution in [0.25, 0.3) is 11.5 Å². The quantitative estimate of drug-likeness (QED) is 0.698. The molecule has 0 aliphatic rings. The fraction of sp³-hybridized carbons (Fsp3) is 0.333. The smallest absolute Gasteiger partial charge is 0.325 e. The molecule has 0 radical (unpaired) electrons. The van der Waals surface area contributed by atoms with Gasteiger partial charge in [-0.1, -0.05) is 18.2 Å². The van der Waals surface area contributed by atoms with Crippen LogP contribution in [-0.4, -0.2) is 42.7 Å². The third-order valence-electron chi connectivity index (χ3n) is 4.05. The van der Waals surface area contributed by atoms with E-state index in [1.807, 2.05) is 48.9 Å². The summed E-state index contributed by atoms with van der Waals surface area (Å²) in [5.41, 5.74) is 2.53. The highest BCUT2D eigenvalue weighted by atomic mass is 16.5. The van der Waals surface area contributed by atoms with Crippen LogP contribution in [-0.2, 0) is 24.3 Å². The lowest BCUT2D eigenvalue weighted by Gasteiger charge is -2.05. The molecule has 2 aromatic heterocycles. The van der Waals surface area contributed by atoms with E-state index in [0.717, 1.165) is 23.6 Å². The zero-order chi connectivity index (χ0) is 18.7. The predicted molar refractivity (Wildman–Crippen MR) is 95.1 cm³/mol. The van der Waals surface area contributed by atoms with Crippen LogP contribution in [0.3, 0.4) is 0 Å². The van der Waals surface area contributed by atoms with Gasteiger partial charge in [-0.15, -0.1) is 0 Å². The number of carboxylic acid groups (broad SMARTS) is 1. The Balaban J connectivity index is 1.99. The molecule has 1 N–H and O–H groups in total. The third-order valence-corrected chi connectivity index (χ3v) is 4.05. The van der Waals surface area contributed by atoms with E-state index in [1.165, 1.54) is 4.68 Å². The monoisotopic (exact) mass is 355 g/mol. The maximum absolute atomic E-state index is 11.2. The molecule has 0 aliphatic heterocycles. The number of hydrogen-bond acceptors (Lipinski definition) is 5. The highest BCUT2D eigenvalue weighted by molar-refractivity contribution is 5.67. The SMILES string of the molecule is CCn1nc(-c2nc(Cc3ccccc3OC)nn2CC(=O)O)cc1C. The number of benzene rings is 1. The molecule has 136 valence electrons. The van der Waals surface area contributed by atoms with Crippen LogP contribution in [0.4, 0.5) is 0 Å². The molecule has 0 unspecified atom stereocenters. The van der Waals surface area contributed by atoms with Crippen molar-refractivity contribution in [1.82, 2.24) is 24.5 Å². The summed E-state index contributed by atoms with van der Waals surface area (Å²) in [6.07, 6.45) is 0.442. The molecule has 0 saturated heterocycles. The zero-order valence-electron chi connectivity index (χ0n) is 15.0. The molecule has 26 heavy (non-hydrogen) atoms. The van der Waals surface area contributed by atoms with Gasteiger partial charge in [-0.2, -0.15) is 10.2 Å². The summed E-state index contributed by atoms with van der Waals surface area (Å²) in [7, 11) is 1.61. The minimum Gasteiger partial charge on any atom is -0.496 e. The first-order valence-electron chi connectivity index (χ1n) is 8.34. The molecule has 3 aromatic rings. The van der Waals surface area contributed by atoms with E-state index in [9.17, 15) is 9.90 Å². The van der Waals surface area contributed by atoms with E-state index in [0.29, 0.717) is 23.8 Å². The van der Waals surface area contributed by atoms with E-state index < -0.39 is 5.97 Å². The average Bonchev–Trinajstić information content (AvgIpc) is 3.17. The van der Waals surface area contributed by atoms with Crippen molar-refractivity contribution in [3.8, 4) is 17.3 Å². The maximum Gasteiger partial charge on any atom is 0.325 e. The summed E-state index contributed by atoms with van der Waals surface area (Å²) in [5, 5.41) is 18.1. The minimum absolute atomic E-state index is 0.272. The normalized spacial score (nSPS) is 10.9. The van der Waals surface area contributed by atoms with Crippen molar-refractivity contribution < 1.29 is 14.6 Å². The molecule has 0 bridgehead atoms. The molecule has 8 heteroatoms. The topological polar surface area (TPSA) is 95.1 Å². The van der Waals surface area contributed by atoms with Gasteiger partial charge >= 0.3 is 5.97 Å². The van der Waals surface area contributed by atoms with Gasteiger partial charge in [-0.25, -0.2) is 9.67 Å². The highest BCUT2D eigenvalue weighted by Crippen LogP contribution is 2.22. The molecule has 8 nitrogen and oxygen atoms in total. The number of methoxy groups -OCH3 is 1. The Labute approximate surface area is 151 Å². The van der Waals surface area contributed by atoms with E-state index >= 15 is 0 Å². The number of aliphatic carboxylic acids is 1. The number of aryl methyl sites for hydroxylation is 2.